The Labute approximate surface area is 131 Å². The molecule has 1 heterocycles. The van der Waals surface area contributed by atoms with Crippen molar-refractivity contribution in [2.24, 2.45) is 0 Å². The van der Waals surface area contributed by atoms with E-state index in [0.29, 0.717) is 26.5 Å². The number of ether oxygens (including phenoxy) is 1. The van der Waals surface area contributed by atoms with Crippen LogP contribution in [0, 0.1) is 0 Å². The van der Waals surface area contributed by atoms with Crippen LogP contribution in [-0.4, -0.2) is 55.5 Å². The Kier molecular flexibility index (Phi) is 5.18. The van der Waals surface area contributed by atoms with Gasteiger partial charge in [-0.05, 0) is 45.0 Å². The molecule has 0 aliphatic carbocycles. The van der Waals surface area contributed by atoms with Crippen molar-refractivity contribution in [1.29, 1.82) is 0 Å². The number of carbonyl (C=O) groups excluding carboxylic acids is 1. The van der Waals surface area contributed by atoms with Gasteiger partial charge in [0.05, 0.1) is 0 Å². The van der Waals surface area contributed by atoms with E-state index in [9.17, 15) is 4.79 Å². The second-order valence-corrected chi connectivity index (χ2v) is 6.17. The van der Waals surface area contributed by atoms with Crippen molar-refractivity contribution in [3.63, 3.8) is 0 Å². The molecule has 2 rings (SSSR count). The van der Waals surface area contributed by atoms with Crippen LogP contribution in [0.4, 0.5) is 10.5 Å². The Balaban J connectivity index is 1.87. The van der Waals surface area contributed by atoms with Crippen molar-refractivity contribution >= 4 is 19.5 Å². The fourth-order valence-corrected chi connectivity index (χ4v) is 2.27. The van der Waals surface area contributed by atoms with Gasteiger partial charge in [0.1, 0.15) is 11.4 Å². The lowest BCUT2D eigenvalue weighted by Crippen LogP contribution is -2.50. The SMILES string of the molecule is CC(C)(C)OC(=O)N1CCN(c2ccc(O[B]O)cc2)CC1. The molecule has 1 radical (unpaired) electrons. The van der Waals surface area contributed by atoms with E-state index in [1.807, 2.05) is 32.9 Å². The van der Waals surface area contributed by atoms with Crippen molar-refractivity contribution in [1.82, 2.24) is 4.90 Å². The average Bonchev–Trinajstić information content (AvgIpc) is 2.47. The van der Waals surface area contributed by atoms with E-state index < -0.39 is 5.60 Å². The summed E-state index contributed by atoms with van der Waals surface area (Å²) >= 11 is 0. The molecular formula is C15H22BN2O4. The third-order valence-electron chi connectivity index (χ3n) is 3.32. The van der Waals surface area contributed by atoms with E-state index in [-0.39, 0.29) is 6.09 Å². The van der Waals surface area contributed by atoms with Crippen molar-refractivity contribution in [2.75, 3.05) is 31.1 Å². The number of anilines is 1. The van der Waals surface area contributed by atoms with Crippen LogP contribution < -0.4 is 9.55 Å². The maximum absolute atomic E-state index is 12.0. The number of rotatable bonds is 3. The molecular weight excluding hydrogens is 283 g/mol. The number of hydrogen-bond acceptors (Lipinski definition) is 5. The van der Waals surface area contributed by atoms with E-state index in [1.165, 1.54) is 0 Å². The van der Waals surface area contributed by atoms with Gasteiger partial charge in [0.15, 0.2) is 0 Å². The molecule has 1 aliphatic heterocycles. The summed E-state index contributed by atoms with van der Waals surface area (Å²) in [6, 6.07) is 7.45. The van der Waals surface area contributed by atoms with Gasteiger partial charge < -0.3 is 24.2 Å². The third kappa shape index (κ3) is 4.56. The van der Waals surface area contributed by atoms with Crippen molar-refractivity contribution < 1.29 is 19.2 Å². The highest BCUT2D eigenvalue weighted by molar-refractivity contribution is 6.17. The molecule has 0 bridgehead atoms. The highest BCUT2D eigenvalue weighted by Crippen LogP contribution is 2.21. The fourth-order valence-electron chi connectivity index (χ4n) is 2.27. The van der Waals surface area contributed by atoms with E-state index >= 15 is 0 Å². The van der Waals surface area contributed by atoms with Crippen LogP contribution in [0.2, 0.25) is 0 Å². The second-order valence-electron chi connectivity index (χ2n) is 6.17. The van der Waals surface area contributed by atoms with Gasteiger partial charge in [-0.15, -0.1) is 0 Å². The molecule has 1 amide bonds. The quantitative estimate of drug-likeness (QED) is 0.860. The number of piperazine rings is 1. The van der Waals surface area contributed by atoms with Gasteiger partial charge >= 0.3 is 13.8 Å². The van der Waals surface area contributed by atoms with Crippen LogP contribution in [0.25, 0.3) is 0 Å². The highest BCUT2D eigenvalue weighted by Gasteiger charge is 2.25. The normalized spacial score (nSPS) is 15.5. The first-order valence-corrected chi connectivity index (χ1v) is 7.34. The molecule has 1 fully saturated rings. The Morgan fingerprint density at radius 2 is 1.73 bits per heavy atom. The molecule has 1 aromatic carbocycles. The Hall–Kier alpha value is -1.89. The van der Waals surface area contributed by atoms with Crippen LogP contribution in [-0.2, 0) is 4.74 Å². The first-order chi connectivity index (χ1) is 10.4. The zero-order valence-corrected chi connectivity index (χ0v) is 13.3. The summed E-state index contributed by atoms with van der Waals surface area (Å²) in [5.74, 6) is 0.582. The maximum Gasteiger partial charge on any atom is 0.569 e. The minimum Gasteiger partial charge on any atom is -0.537 e. The van der Waals surface area contributed by atoms with Crippen molar-refractivity contribution in [2.45, 2.75) is 26.4 Å². The van der Waals surface area contributed by atoms with Crippen molar-refractivity contribution in [3.05, 3.63) is 24.3 Å². The Bertz CT molecular complexity index is 493. The zero-order chi connectivity index (χ0) is 16.2. The third-order valence-corrected chi connectivity index (χ3v) is 3.32. The largest absolute Gasteiger partial charge is 0.569 e. The number of carbonyl (C=O) groups is 1. The molecule has 1 aliphatic rings. The topological polar surface area (TPSA) is 62.2 Å². The first-order valence-electron chi connectivity index (χ1n) is 7.34. The molecule has 6 nitrogen and oxygen atoms in total. The minimum atomic E-state index is -0.465. The predicted octanol–water partition coefficient (Wildman–Crippen LogP) is 1.65. The van der Waals surface area contributed by atoms with Gasteiger partial charge in [-0.1, -0.05) is 0 Å². The van der Waals surface area contributed by atoms with E-state index in [2.05, 4.69) is 4.90 Å². The zero-order valence-electron chi connectivity index (χ0n) is 13.3. The van der Waals surface area contributed by atoms with Gasteiger partial charge in [0.25, 0.3) is 0 Å². The summed E-state index contributed by atoms with van der Waals surface area (Å²) in [5, 5.41) is 8.59. The molecule has 22 heavy (non-hydrogen) atoms. The summed E-state index contributed by atoms with van der Waals surface area (Å²) in [6.45, 7) is 8.39. The fraction of sp³-hybridized carbons (Fsp3) is 0.533. The Morgan fingerprint density at radius 3 is 2.23 bits per heavy atom. The molecule has 0 saturated carbocycles. The number of nitrogens with zero attached hydrogens (tertiary/aromatic N) is 2. The van der Waals surface area contributed by atoms with Gasteiger partial charge in [-0.25, -0.2) is 4.79 Å². The molecule has 0 spiro atoms. The molecule has 1 aromatic rings. The summed E-state index contributed by atoms with van der Waals surface area (Å²) in [6.07, 6.45) is -0.255. The van der Waals surface area contributed by atoms with E-state index in [4.69, 9.17) is 14.4 Å². The van der Waals surface area contributed by atoms with Crippen LogP contribution in [0.15, 0.2) is 24.3 Å². The van der Waals surface area contributed by atoms with Crippen LogP contribution in [0.3, 0.4) is 0 Å². The van der Waals surface area contributed by atoms with Gasteiger partial charge in [-0.3, -0.25) is 0 Å². The Morgan fingerprint density at radius 1 is 1.14 bits per heavy atom. The standard InChI is InChI=1S/C15H22BN2O4/c1-15(2,3)21-14(19)18-10-8-17(9-11-18)12-4-6-13(7-5-12)22-16-20/h4-7,20H,8-11H2,1-3H3. The molecule has 0 atom stereocenters. The summed E-state index contributed by atoms with van der Waals surface area (Å²) in [7, 11) is 0.661. The summed E-state index contributed by atoms with van der Waals surface area (Å²) in [4.78, 5) is 16.0. The number of amides is 1. The van der Waals surface area contributed by atoms with E-state index in [0.717, 1.165) is 18.8 Å². The van der Waals surface area contributed by atoms with Gasteiger partial charge in [0.2, 0.25) is 0 Å². The number of hydrogen-bond donors (Lipinski definition) is 1. The van der Waals surface area contributed by atoms with Crippen molar-refractivity contribution in [3.8, 4) is 5.75 Å². The van der Waals surface area contributed by atoms with Gasteiger partial charge in [-0.2, -0.15) is 0 Å². The lowest BCUT2D eigenvalue weighted by molar-refractivity contribution is 0.0240. The summed E-state index contributed by atoms with van der Waals surface area (Å²) in [5.41, 5.74) is 0.599. The van der Waals surface area contributed by atoms with Crippen LogP contribution in [0.1, 0.15) is 20.8 Å². The molecule has 0 aromatic heterocycles. The smallest absolute Gasteiger partial charge is 0.537 e. The summed E-state index contributed by atoms with van der Waals surface area (Å²) < 4.78 is 10.3. The maximum atomic E-state index is 12.0. The number of benzene rings is 1. The monoisotopic (exact) mass is 305 g/mol. The van der Waals surface area contributed by atoms with Crippen LogP contribution >= 0.6 is 0 Å². The lowest BCUT2D eigenvalue weighted by Gasteiger charge is -2.36. The van der Waals surface area contributed by atoms with Gasteiger partial charge in [0, 0.05) is 31.9 Å². The molecule has 7 heteroatoms. The van der Waals surface area contributed by atoms with E-state index in [1.54, 1.807) is 17.0 Å². The van der Waals surface area contributed by atoms with Crippen LogP contribution in [0.5, 0.6) is 5.75 Å². The lowest BCUT2D eigenvalue weighted by atomic mass is 10.2. The molecule has 1 N–H and O–H groups in total. The second kappa shape index (κ2) is 6.92. The predicted molar refractivity (Wildman–Crippen MR) is 85.1 cm³/mol. The highest BCUT2D eigenvalue weighted by atomic mass is 16.6. The molecule has 1 saturated heterocycles. The first kappa shape index (κ1) is 16.5. The molecule has 0 unspecified atom stereocenters. The average molecular weight is 305 g/mol. The minimum absolute atomic E-state index is 0.255. The molecule has 119 valence electrons.